The minimum atomic E-state index is 0.209. The van der Waals surface area contributed by atoms with Gasteiger partial charge in [0.15, 0.2) is 0 Å². The van der Waals surface area contributed by atoms with Crippen LogP contribution in [0.15, 0.2) is 22.8 Å². The zero-order chi connectivity index (χ0) is 13.1. The van der Waals surface area contributed by atoms with Crippen molar-refractivity contribution in [3.63, 3.8) is 0 Å². The van der Waals surface area contributed by atoms with Crippen molar-refractivity contribution < 1.29 is 9.15 Å². The van der Waals surface area contributed by atoms with Gasteiger partial charge in [0.1, 0.15) is 5.76 Å². The Bertz CT molecular complexity index is 381. The SMILES string of the molecule is CC(Cc1ccco1)NC1CCOC2(CCCC2)C1. The van der Waals surface area contributed by atoms with E-state index in [9.17, 15) is 0 Å². The lowest BCUT2D eigenvalue weighted by atomic mass is 9.88. The van der Waals surface area contributed by atoms with Gasteiger partial charge in [-0.1, -0.05) is 12.8 Å². The zero-order valence-electron chi connectivity index (χ0n) is 11.9. The predicted molar refractivity (Wildman–Crippen MR) is 75.2 cm³/mol. The first kappa shape index (κ1) is 13.2. The van der Waals surface area contributed by atoms with Gasteiger partial charge in [-0.3, -0.25) is 0 Å². The molecule has 2 fully saturated rings. The fourth-order valence-corrected chi connectivity index (χ4v) is 3.73. The third-order valence-electron chi connectivity index (χ3n) is 4.62. The van der Waals surface area contributed by atoms with Crippen LogP contribution in [-0.2, 0) is 11.2 Å². The Hall–Kier alpha value is -0.800. The van der Waals surface area contributed by atoms with E-state index in [0.29, 0.717) is 12.1 Å². The van der Waals surface area contributed by atoms with Crippen LogP contribution in [0.3, 0.4) is 0 Å². The molecule has 3 nitrogen and oxygen atoms in total. The smallest absolute Gasteiger partial charge is 0.105 e. The fraction of sp³-hybridized carbons (Fsp3) is 0.750. The molecule has 2 heterocycles. The van der Waals surface area contributed by atoms with E-state index in [-0.39, 0.29) is 5.60 Å². The Morgan fingerprint density at radius 2 is 2.26 bits per heavy atom. The van der Waals surface area contributed by atoms with Crippen molar-refractivity contribution in [3.05, 3.63) is 24.2 Å². The molecule has 106 valence electrons. The summed E-state index contributed by atoms with van der Waals surface area (Å²) >= 11 is 0. The first-order valence-electron chi connectivity index (χ1n) is 7.68. The maximum absolute atomic E-state index is 6.09. The van der Waals surface area contributed by atoms with Gasteiger partial charge in [0.05, 0.1) is 11.9 Å². The van der Waals surface area contributed by atoms with E-state index < -0.39 is 0 Å². The second-order valence-corrected chi connectivity index (χ2v) is 6.28. The molecule has 19 heavy (non-hydrogen) atoms. The Morgan fingerprint density at radius 1 is 1.42 bits per heavy atom. The van der Waals surface area contributed by atoms with Gasteiger partial charge in [-0.2, -0.15) is 0 Å². The highest BCUT2D eigenvalue weighted by Crippen LogP contribution is 2.40. The summed E-state index contributed by atoms with van der Waals surface area (Å²) in [6, 6.07) is 5.09. The Kier molecular flexibility index (Phi) is 3.94. The molecule has 1 aliphatic carbocycles. The molecule has 1 saturated heterocycles. The molecule has 0 amide bonds. The first-order chi connectivity index (χ1) is 9.26. The lowest BCUT2D eigenvalue weighted by molar-refractivity contribution is -0.0845. The first-order valence-corrected chi connectivity index (χ1v) is 7.68. The van der Waals surface area contributed by atoms with E-state index in [1.54, 1.807) is 6.26 Å². The van der Waals surface area contributed by atoms with Crippen LogP contribution in [0.2, 0.25) is 0 Å². The number of nitrogens with one attached hydrogen (secondary N) is 1. The maximum Gasteiger partial charge on any atom is 0.105 e. The van der Waals surface area contributed by atoms with Crippen LogP contribution in [0.4, 0.5) is 0 Å². The van der Waals surface area contributed by atoms with E-state index in [4.69, 9.17) is 9.15 Å². The second-order valence-electron chi connectivity index (χ2n) is 6.28. The number of hydrogen-bond acceptors (Lipinski definition) is 3. The third-order valence-corrected chi connectivity index (χ3v) is 4.62. The predicted octanol–water partition coefficient (Wildman–Crippen LogP) is 3.29. The summed E-state index contributed by atoms with van der Waals surface area (Å²) in [5, 5.41) is 3.77. The lowest BCUT2D eigenvalue weighted by Gasteiger charge is -2.39. The fourth-order valence-electron chi connectivity index (χ4n) is 3.73. The van der Waals surface area contributed by atoms with Crippen molar-refractivity contribution in [2.45, 2.75) is 69.6 Å². The van der Waals surface area contributed by atoms with Crippen LogP contribution in [0.1, 0.15) is 51.2 Å². The largest absolute Gasteiger partial charge is 0.469 e. The number of ether oxygens (including phenoxy) is 1. The van der Waals surface area contributed by atoms with Gasteiger partial charge in [0.25, 0.3) is 0 Å². The van der Waals surface area contributed by atoms with Crippen LogP contribution in [-0.4, -0.2) is 24.3 Å². The molecule has 3 heteroatoms. The summed E-state index contributed by atoms with van der Waals surface area (Å²) in [5.41, 5.74) is 0.209. The molecule has 3 rings (SSSR count). The molecule has 1 aliphatic heterocycles. The summed E-state index contributed by atoms with van der Waals surface area (Å²) in [7, 11) is 0. The molecule has 0 bridgehead atoms. The van der Waals surface area contributed by atoms with Crippen LogP contribution >= 0.6 is 0 Å². The highest BCUT2D eigenvalue weighted by molar-refractivity contribution is 5.01. The quantitative estimate of drug-likeness (QED) is 0.905. The molecule has 1 aromatic rings. The summed E-state index contributed by atoms with van der Waals surface area (Å²) < 4.78 is 11.5. The van der Waals surface area contributed by atoms with Crippen molar-refractivity contribution in [3.8, 4) is 0 Å². The maximum atomic E-state index is 6.09. The molecule has 0 aromatic carbocycles. The highest BCUT2D eigenvalue weighted by Gasteiger charge is 2.39. The molecule has 2 atom stereocenters. The molecule has 1 aromatic heterocycles. The van der Waals surface area contributed by atoms with E-state index in [2.05, 4.69) is 18.3 Å². The van der Waals surface area contributed by atoms with Gasteiger partial charge >= 0.3 is 0 Å². The molecular weight excluding hydrogens is 238 g/mol. The summed E-state index contributed by atoms with van der Waals surface area (Å²) in [6.45, 7) is 3.17. The molecule has 1 N–H and O–H groups in total. The Labute approximate surface area is 115 Å². The van der Waals surface area contributed by atoms with Gasteiger partial charge in [-0.05, 0) is 44.7 Å². The summed E-state index contributed by atoms with van der Waals surface area (Å²) in [4.78, 5) is 0. The van der Waals surface area contributed by atoms with Crippen LogP contribution in [0, 0.1) is 0 Å². The minimum Gasteiger partial charge on any atom is -0.469 e. The summed E-state index contributed by atoms with van der Waals surface area (Å²) in [6.07, 6.45) is 10.3. The number of hydrogen-bond donors (Lipinski definition) is 1. The molecular formula is C16H25NO2. The van der Waals surface area contributed by atoms with E-state index in [1.807, 2.05) is 6.07 Å². The van der Waals surface area contributed by atoms with Gasteiger partial charge in [-0.15, -0.1) is 0 Å². The van der Waals surface area contributed by atoms with Crippen LogP contribution in [0.5, 0.6) is 0 Å². The Balaban J connectivity index is 1.51. The Morgan fingerprint density at radius 3 is 3.00 bits per heavy atom. The van der Waals surface area contributed by atoms with Crippen LogP contribution in [0.25, 0.3) is 0 Å². The number of rotatable bonds is 4. The van der Waals surface area contributed by atoms with Gasteiger partial charge < -0.3 is 14.5 Å². The number of furan rings is 1. The van der Waals surface area contributed by atoms with Crippen molar-refractivity contribution in [2.24, 2.45) is 0 Å². The van der Waals surface area contributed by atoms with Crippen molar-refractivity contribution in [1.29, 1.82) is 0 Å². The molecule has 2 unspecified atom stereocenters. The molecule has 2 aliphatic rings. The average molecular weight is 263 g/mol. The van der Waals surface area contributed by atoms with Gasteiger partial charge in [0, 0.05) is 25.1 Å². The minimum absolute atomic E-state index is 0.209. The van der Waals surface area contributed by atoms with Crippen molar-refractivity contribution in [1.82, 2.24) is 5.32 Å². The van der Waals surface area contributed by atoms with Crippen molar-refractivity contribution >= 4 is 0 Å². The topological polar surface area (TPSA) is 34.4 Å². The van der Waals surface area contributed by atoms with E-state index in [0.717, 1.165) is 25.2 Å². The standard InChI is InChI=1S/C16H25NO2/c1-13(11-15-5-4-9-18-15)17-14-6-10-19-16(12-14)7-2-3-8-16/h4-5,9,13-14,17H,2-3,6-8,10-12H2,1H3. The third kappa shape index (κ3) is 3.21. The molecule has 0 radical (unpaired) electrons. The lowest BCUT2D eigenvalue weighted by Crippen LogP contribution is -2.48. The second kappa shape index (κ2) is 5.68. The summed E-state index contributed by atoms with van der Waals surface area (Å²) in [5.74, 6) is 1.07. The normalized spacial score (nSPS) is 27.7. The zero-order valence-corrected chi connectivity index (χ0v) is 11.9. The van der Waals surface area contributed by atoms with E-state index >= 15 is 0 Å². The molecule has 1 saturated carbocycles. The van der Waals surface area contributed by atoms with Gasteiger partial charge in [0.2, 0.25) is 0 Å². The highest BCUT2D eigenvalue weighted by atomic mass is 16.5. The monoisotopic (exact) mass is 263 g/mol. The van der Waals surface area contributed by atoms with Crippen molar-refractivity contribution in [2.75, 3.05) is 6.61 Å². The average Bonchev–Trinajstić information content (AvgIpc) is 3.02. The van der Waals surface area contributed by atoms with Crippen LogP contribution < -0.4 is 5.32 Å². The molecule has 1 spiro atoms. The van der Waals surface area contributed by atoms with Gasteiger partial charge in [-0.25, -0.2) is 0 Å². The van der Waals surface area contributed by atoms with E-state index in [1.165, 1.54) is 32.1 Å².